The number of fused-ring (bicyclic) bond motifs is 1. The van der Waals surface area contributed by atoms with Crippen molar-refractivity contribution < 1.29 is 19.1 Å². The molecule has 2 aromatic rings. The molecule has 0 fully saturated rings. The normalized spacial score (nSPS) is 16.8. The van der Waals surface area contributed by atoms with Crippen molar-refractivity contribution in [3.63, 3.8) is 0 Å². The smallest absolute Gasteiger partial charge is 0.182 e. The SMILES string of the molecule is COc1ccc(C2C(=O)c3cccc(OC)c3C2=O)cc1. The first kappa shape index (κ1) is 13.4. The van der Waals surface area contributed by atoms with Crippen LogP contribution in [0.1, 0.15) is 32.2 Å². The van der Waals surface area contributed by atoms with Crippen LogP contribution in [-0.2, 0) is 0 Å². The summed E-state index contributed by atoms with van der Waals surface area (Å²) in [6.07, 6.45) is 0. The van der Waals surface area contributed by atoms with E-state index in [4.69, 9.17) is 9.47 Å². The van der Waals surface area contributed by atoms with Crippen LogP contribution in [0.25, 0.3) is 0 Å². The Labute approximate surface area is 122 Å². The number of hydrogen-bond acceptors (Lipinski definition) is 4. The number of benzene rings is 2. The number of Topliss-reactive ketones (excluding diaryl/α,β-unsaturated/α-hetero) is 2. The molecule has 0 aliphatic heterocycles. The largest absolute Gasteiger partial charge is 0.497 e. The fraction of sp³-hybridized carbons (Fsp3) is 0.176. The van der Waals surface area contributed by atoms with Gasteiger partial charge in [0.05, 0.1) is 19.8 Å². The van der Waals surface area contributed by atoms with E-state index in [1.807, 2.05) is 0 Å². The molecule has 0 saturated carbocycles. The van der Waals surface area contributed by atoms with Crippen LogP contribution in [0.15, 0.2) is 42.5 Å². The maximum atomic E-state index is 12.6. The number of carbonyl (C=O) groups excluding carboxylic acids is 2. The Morgan fingerprint density at radius 2 is 1.57 bits per heavy atom. The first-order chi connectivity index (χ1) is 10.2. The highest BCUT2D eigenvalue weighted by atomic mass is 16.5. The molecule has 0 aromatic heterocycles. The van der Waals surface area contributed by atoms with Gasteiger partial charge in [0.25, 0.3) is 0 Å². The quantitative estimate of drug-likeness (QED) is 0.812. The van der Waals surface area contributed by atoms with Gasteiger partial charge in [0.15, 0.2) is 11.6 Å². The topological polar surface area (TPSA) is 52.6 Å². The summed E-state index contributed by atoms with van der Waals surface area (Å²) in [7, 11) is 3.07. The van der Waals surface area contributed by atoms with Gasteiger partial charge in [-0.15, -0.1) is 0 Å². The van der Waals surface area contributed by atoms with Crippen LogP contribution in [-0.4, -0.2) is 25.8 Å². The van der Waals surface area contributed by atoms with Crippen molar-refractivity contribution in [3.8, 4) is 11.5 Å². The molecule has 0 heterocycles. The lowest BCUT2D eigenvalue weighted by Gasteiger charge is -2.08. The third kappa shape index (κ3) is 2.00. The summed E-state index contributed by atoms with van der Waals surface area (Å²) >= 11 is 0. The molecule has 2 aromatic carbocycles. The highest BCUT2D eigenvalue weighted by Crippen LogP contribution is 2.38. The van der Waals surface area contributed by atoms with Gasteiger partial charge in [-0.2, -0.15) is 0 Å². The highest BCUT2D eigenvalue weighted by molar-refractivity contribution is 6.30. The van der Waals surface area contributed by atoms with Gasteiger partial charge in [0.2, 0.25) is 0 Å². The van der Waals surface area contributed by atoms with Gasteiger partial charge in [0.1, 0.15) is 17.4 Å². The first-order valence-corrected chi connectivity index (χ1v) is 6.56. The van der Waals surface area contributed by atoms with Crippen LogP contribution in [0.5, 0.6) is 11.5 Å². The summed E-state index contributed by atoms with van der Waals surface area (Å²) in [6, 6.07) is 12.1. The monoisotopic (exact) mass is 282 g/mol. The van der Waals surface area contributed by atoms with Gasteiger partial charge < -0.3 is 9.47 Å². The Hall–Kier alpha value is -2.62. The fourth-order valence-corrected chi connectivity index (χ4v) is 2.68. The zero-order chi connectivity index (χ0) is 15.0. The zero-order valence-corrected chi connectivity index (χ0v) is 11.8. The van der Waals surface area contributed by atoms with E-state index in [9.17, 15) is 9.59 Å². The zero-order valence-electron chi connectivity index (χ0n) is 11.8. The first-order valence-electron chi connectivity index (χ1n) is 6.56. The van der Waals surface area contributed by atoms with E-state index in [-0.39, 0.29) is 11.6 Å². The Morgan fingerprint density at radius 1 is 0.857 bits per heavy atom. The number of ether oxygens (including phenoxy) is 2. The lowest BCUT2D eigenvalue weighted by molar-refractivity contribution is 0.0889. The van der Waals surface area contributed by atoms with Crippen LogP contribution in [0.4, 0.5) is 0 Å². The third-order valence-electron chi connectivity index (χ3n) is 3.73. The summed E-state index contributed by atoms with van der Waals surface area (Å²) in [6.45, 7) is 0. The van der Waals surface area contributed by atoms with Crippen LogP contribution < -0.4 is 9.47 Å². The van der Waals surface area contributed by atoms with Gasteiger partial charge in [-0.1, -0.05) is 24.3 Å². The molecule has 21 heavy (non-hydrogen) atoms. The molecule has 1 atom stereocenters. The van der Waals surface area contributed by atoms with E-state index in [0.717, 1.165) is 0 Å². The van der Waals surface area contributed by atoms with Crippen molar-refractivity contribution in [2.24, 2.45) is 0 Å². The van der Waals surface area contributed by atoms with Crippen molar-refractivity contribution >= 4 is 11.6 Å². The van der Waals surface area contributed by atoms with E-state index >= 15 is 0 Å². The molecule has 106 valence electrons. The molecule has 1 aliphatic rings. The summed E-state index contributed by atoms with van der Waals surface area (Å²) in [5, 5.41) is 0. The molecule has 1 aliphatic carbocycles. The van der Waals surface area contributed by atoms with Gasteiger partial charge in [-0.05, 0) is 23.8 Å². The minimum absolute atomic E-state index is 0.181. The van der Waals surface area contributed by atoms with E-state index < -0.39 is 5.92 Å². The Morgan fingerprint density at radius 3 is 2.19 bits per heavy atom. The number of hydrogen-bond donors (Lipinski definition) is 0. The highest BCUT2D eigenvalue weighted by Gasteiger charge is 2.41. The van der Waals surface area contributed by atoms with Crippen LogP contribution >= 0.6 is 0 Å². The predicted molar refractivity (Wildman–Crippen MR) is 77.4 cm³/mol. The molecule has 0 bridgehead atoms. The van der Waals surface area contributed by atoms with E-state index in [2.05, 4.69) is 0 Å². The number of methoxy groups -OCH3 is 2. The molecule has 3 rings (SSSR count). The molecule has 0 radical (unpaired) electrons. The summed E-state index contributed by atoms with van der Waals surface area (Å²) in [5.74, 6) is -0.0486. The average molecular weight is 282 g/mol. The Kier molecular flexibility index (Phi) is 3.22. The molecular weight excluding hydrogens is 268 g/mol. The average Bonchev–Trinajstić information content (AvgIpc) is 2.79. The van der Waals surface area contributed by atoms with Gasteiger partial charge in [-0.3, -0.25) is 9.59 Å². The maximum absolute atomic E-state index is 12.6. The lowest BCUT2D eigenvalue weighted by Crippen LogP contribution is -2.12. The molecular formula is C17H14O4. The van der Waals surface area contributed by atoms with Crippen molar-refractivity contribution in [1.82, 2.24) is 0 Å². The van der Waals surface area contributed by atoms with E-state index in [1.54, 1.807) is 49.6 Å². The van der Waals surface area contributed by atoms with Crippen LogP contribution in [0.3, 0.4) is 0 Å². The number of ketones is 2. The summed E-state index contributed by atoms with van der Waals surface area (Å²) < 4.78 is 10.3. The molecule has 1 unspecified atom stereocenters. The molecule has 4 heteroatoms. The molecule has 0 spiro atoms. The molecule has 0 saturated heterocycles. The van der Waals surface area contributed by atoms with E-state index in [1.165, 1.54) is 7.11 Å². The van der Waals surface area contributed by atoms with Crippen LogP contribution in [0, 0.1) is 0 Å². The lowest BCUT2D eigenvalue weighted by atomic mass is 9.94. The third-order valence-corrected chi connectivity index (χ3v) is 3.73. The van der Waals surface area contributed by atoms with E-state index in [0.29, 0.717) is 28.2 Å². The number of rotatable bonds is 3. The maximum Gasteiger partial charge on any atom is 0.182 e. The van der Waals surface area contributed by atoms with Crippen molar-refractivity contribution in [2.75, 3.05) is 14.2 Å². The molecule has 0 N–H and O–H groups in total. The Bertz CT molecular complexity index is 716. The van der Waals surface area contributed by atoms with Gasteiger partial charge in [0, 0.05) is 5.56 Å². The fourth-order valence-electron chi connectivity index (χ4n) is 2.68. The van der Waals surface area contributed by atoms with Crippen molar-refractivity contribution in [1.29, 1.82) is 0 Å². The summed E-state index contributed by atoms with van der Waals surface area (Å²) in [5.41, 5.74) is 1.48. The predicted octanol–water partition coefficient (Wildman–Crippen LogP) is 2.87. The van der Waals surface area contributed by atoms with Gasteiger partial charge >= 0.3 is 0 Å². The standard InChI is InChI=1S/C17H14O4/c1-20-11-8-6-10(7-9-11)14-16(18)12-4-3-5-13(21-2)15(12)17(14)19/h3-9,14H,1-2H3. The number of carbonyl (C=O) groups is 2. The minimum Gasteiger partial charge on any atom is -0.497 e. The van der Waals surface area contributed by atoms with Crippen LogP contribution in [0.2, 0.25) is 0 Å². The van der Waals surface area contributed by atoms with Crippen molar-refractivity contribution in [2.45, 2.75) is 5.92 Å². The second-order valence-electron chi connectivity index (χ2n) is 4.82. The Balaban J connectivity index is 2.06. The van der Waals surface area contributed by atoms with Crippen molar-refractivity contribution in [3.05, 3.63) is 59.2 Å². The van der Waals surface area contributed by atoms with Gasteiger partial charge in [-0.25, -0.2) is 0 Å². The molecule has 4 nitrogen and oxygen atoms in total. The molecule has 0 amide bonds. The second-order valence-corrected chi connectivity index (χ2v) is 4.82. The minimum atomic E-state index is -0.790. The summed E-state index contributed by atoms with van der Waals surface area (Å²) in [4.78, 5) is 25.1. The second kappa shape index (κ2) is 5.05.